The summed E-state index contributed by atoms with van der Waals surface area (Å²) in [7, 11) is 1.56. The van der Waals surface area contributed by atoms with Crippen molar-refractivity contribution in [3.63, 3.8) is 0 Å². The molecule has 1 aromatic carbocycles. The standard InChI is InChI=1S/C15H23N3O2/c1-10(2)8-11(9-16)14(19)18-13-7-5-4-6-12(13)15(20)17-3/h4-7,10-11H,8-9,16H2,1-3H3,(H,17,20)(H,18,19). The van der Waals surface area contributed by atoms with Gasteiger partial charge in [-0.05, 0) is 24.5 Å². The molecule has 5 heteroatoms. The molecule has 0 saturated heterocycles. The van der Waals surface area contributed by atoms with Crippen LogP contribution in [0.1, 0.15) is 30.6 Å². The molecule has 1 unspecified atom stereocenters. The van der Waals surface area contributed by atoms with Crippen molar-refractivity contribution in [3.05, 3.63) is 29.8 Å². The number of anilines is 1. The second-order valence-corrected chi connectivity index (χ2v) is 5.18. The third kappa shape index (κ3) is 4.35. The van der Waals surface area contributed by atoms with Crippen LogP contribution in [0.4, 0.5) is 5.69 Å². The molecule has 1 atom stereocenters. The van der Waals surface area contributed by atoms with Gasteiger partial charge in [0, 0.05) is 13.6 Å². The first-order chi connectivity index (χ1) is 9.49. The van der Waals surface area contributed by atoms with E-state index in [2.05, 4.69) is 24.5 Å². The molecule has 1 aromatic rings. The number of hydrogen-bond donors (Lipinski definition) is 3. The molecule has 0 radical (unpaired) electrons. The summed E-state index contributed by atoms with van der Waals surface area (Å²) in [5.41, 5.74) is 6.62. The minimum absolute atomic E-state index is 0.141. The van der Waals surface area contributed by atoms with E-state index in [0.717, 1.165) is 6.42 Å². The average Bonchev–Trinajstić information content (AvgIpc) is 2.44. The minimum atomic E-state index is -0.243. The molecular formula is C15H23N3O2. The summed E-state index contributed by atoms with van der Waals surface area (Å²) in [5.74, 6) is -0.220. The molecule has 1 rings (SSSR count). The van der Waals surface area contributed by atoms with Gasteiger partial charge in [0.05, 0.1) is 17.2 Å². The Hall–Kier alpha value is -1.88. The molecule has 0 bridgehead atoms. The van der Waals surface area contributed by atoms with E-state index in [1.807, 2.05) is 0 Å². The first-order valence-corrected chi connectivity index (χ1v) is 6.81. The molecule has 0 aromatic heterocycles. The normalized spacial score (nSPS) is 12.1. The van der Waals surface area contributed by atoms with Crippen molar-refractivity contribution in [2.45, 2.75) is 20.3 Å². The highest BCUT2D eigenvalue weighted by molar-refractivity contribution is 6.04. The van der Waals surface area contributed by atoms with Crippen LogP contribution < -0.4 is 16.4 Å². The quantitative estimate of drug-likeness (QED) is 0.738. The average molecular weight is 277 g/mol. The van der Waals surface area contributed by atoms with Crippen molar-refractivity contribution < 1.29 is 9.59 Å². The van der Waals surface area contributed by atoms with Crippen LogP contribution in [0, 0.1) is 11.8 Å². The largest absolute Gasteiger partial charge is 0.355 e. The van der Waals surface area contributed by atoms with Gasteiger partial charge in [0.25, 0.3) is 5.91 Å². The Balaban J connectivity index is 2.87. The molecule has 5 nitrogen and oxygen atoms in total. The zero-order valence-electron chi connectivity index (χ0n) is 12.3. The molecule has 0 saturated carbocycles. The summed E-state index contributed by atoms with van der Waals surface area (Å²) in [5, 5.41) is 5.36. The number of rotatable bonds is 6. The summed E-state index contributed by atoms with van der Waals surface area (Å²) in [6, 6.07) is 6.93. The van der Waals surface area contributed by atoms with Crippen LogP contribution in [0.3, 0.4) is 0 Å². The van der Waals surface area contributed by atoms with E-state index in [4.69, 9.17) is 5.73 Å². The Morgan fingerprint density at radius 2 is 1.90 bits per heavy atom. The number of hydrogen-bond acceptors (Lipinski definition) is 3. The molecule has 0 aliphatic heterocycles. The summed E-state index contributed by atoms with van der Waals surface area (Å²) in [6.45, 7) is 4.40. The number of carbonyl (C=O) groups is 2. The molecule has 110 valence electrons. The lowest BCUT2D eigenvalue weighted by atomic mass is 9.96. The van der Waals surface area contributed by atoms with Gasteiger partial charge in [-0.15, -0.1) is 0 Å². The topological polar surface area (TPSA) is 84.2 Å². The van der Waals surface area contributed by atoms with Crippen molar-refractivity contribution in [1.29, 1.82) is 0 Å². The number of nitrogens with two attached hydrogens (primary N) is 1. The molecule has 20 heavy (non-hydrogen) atoms. The Morgan fingerprint density at radius 1 is 1.25 bits per heavy atom. The highest BCUT2D eigenvalue weighted by atomic mass is 16.2. The van der Waals surface area contributed by atoms with Crippen molar-refractivity contribution in [1.82, 2.24) is 5.32 Å². The molecule has 0 aliphatic rings. The zero-order valence-corrected chi connectivity index (χ0v) is 12.3. The van der Waals surface area contributed by atoms with Gasteiger partial charge in [-0.1, -0.05) is 26.0 Å². The van der Waals surface area contributed by atoms with Gasteiger partial charge in [0.1, 0.15) is 0 Å². The maximum atomic E-state index is 12.2. The molecule has 4 N–H and O–H groups in total. The zero-order chi connectivity index (χ0) is 15.1. The molecule has 0 heterocycles. The van der Waals surface area contributed by atoms with E-state index in [-0.39, 0.29) is 17.7 Å². The van der Waals surface area contributed by atoms with Gasteiger partial charge in [-0.25, -0.2) is 0 Å². The maximum absolute atomic E-state index is 12.2. The van der Waals surface area contributed by atoms with E-state index in [1.165, 1.54) is 0 Å². The van der Waals surface area contributed by atoms with E-state index in [9.17, 15) is 9.59 Å². The third-order valence-corrected chi connectivity index (χ3v) is 3.07. The Labute approximate surface area is 119 Å². The van der Waals surface area contributed by atoms with Crippen molar-refractivity contribution in [2.75, 3.05) is 18.9 Å². The van der Waals surface area contributed by atoms with Gasteiger partial charge in [-0.3, -0.25) is 9.59 Å². The number of nitrogens with one attached hydrogen (secondary N) is 2. The fourth-order valence-electron chi connectivity index (χ4n) is 2.04. The fraction of sp³-hybridized carbons (Fsp3) is 0.467. The van der Waals surface area contributed by atoms with Crippen LogP contribution in [0.25, 0.3) is 0 Å². The predicted molar refractivity (Wildman–Crippen MR) is 80.5 cm³/mol. The Morgan fingerprint density at radius 3 is 2.45 bits per heavy atom. The minimum Gasteiger partial charge on any atom is -0.355 e. The second-order valence-electron chi connectivity index (χ2n) is 5.18. The molecule has 0 fully saturated rings. The van der Waals surface area contributed by atoms with Crippen LogP contribution in [0.5, 0.6) is 0 Å². The molecule has 0 spiro atoms. The SMILES string of the molecule is CNC(=O)c1ccccc1NC(=O)C(CN)CC(C)C. The second kappa shape index (κ2) is 7.65. The van der Waals surface area contributed by atoms with Crippen LogP contribution in [-0.4, -0.2) is 25.4 Å². The smallest absolute Gasteiger partial charge is 0.253 e. The lowest BCUT2D eigenvalue weighted by molar-refractivity contribution is -0.120. The van der Waals surface area contributed by atoms with Gasteiger partial charge in [0.15, 0.2) is 0 Å². The third-order valence-electron chi connectivity index (χ3n) is 3.07. The van der Waals surface area contributed by atoms with Crippen molar-refractivity contribution in [2.24, 2.45) is 17.6 Å². The van der Waals surface area contributed by atoms with Crippen LogP contribution in [0.2, 0.25) is 0 Å². The molecular weight excluding hydrogens is 254 g/mol. The molecule has 0 aliphatic carbocycles. The van der Waals surface area contributed by atoms with Crippen molar-refractivity contribution >= 4 is 17.5 Å². The molecule has 2 amide bonds. The van der Waals surface area contributed by atoms with Gasteiger partial charge >= 0.3 is 0 Å². The summed E-state index contributed by atoms with van der Waals surface area (Å²) < 4.78 is 0. The predicted octanol–water partition coefficient (Wildman–Crippen LogP) is 1.61. The van der Waals surface area contributed by atoms with Crippen molar-refractivity contribution in [3.8, 4) is 0 Å². The highest BCUT2D eigenvalue weighted by Gasteiger charge is 2.20. The van der Waals surface area contributed by atoms with E-state index in [1.54, 1.807) is 31.3 Å². The number of amides is 2. The van der Waals surface area contributed by atoms with E-state index < -0.39 is 0 Å². The number of benzene rings is 1. The van der Waals surface area contributed by atoms with Crippen LogP contribution in [-0.2, 0) is 4.79 Å². The first kappa shape index (κ1) is 16.2. The Bertz CT molecular complexity index is 472. The maximum Gasteiger partial charge on any atom is 0.253 e. The number of carbonyl (C=O) groups excluding carboxylic acids is 2. The summed E-state index contributed by atoms with van der Waals surface area (Å²) in [6.07, 6.45) is 0.727. The lowest BCUT2D eigenvalue weighted by Crippen LogP contribution is -2.31. The van der Waals surface area contributed by atoms with Gasteiger partial charge < -0.3 is 16.4 Å². The van der Waals surface area contributed by atoms with E-state index in [0.29, 0.717) is 23.7 Å². The highest BCUT2D eigenvalue weighted by Crippen LogP contribution is 2.18. The summed E-state index contributed by atoms with van der Waals surface area (Å²) >= 11 is 0. The number of para-hydroxylation sites is 1. The van der Waals surface area contributed by atoms with E-state index >= 15 is 0 Å². The Kier molecular flexibility index (Phi) is 6.18. The lowest BCUT2D eigenvalue weighted by Gasteiger charge is -2.18. The van der Waals surface area contributed by atoms with Crippen LogP contribution in [0.15, 0.2) is 24.3 Å². The van der Waals surface area contributed by atoms with Gasteiger partial charge in [-0.2, -0.15) is 0 Å². The monoisotopic (exact) mass is 277 g/mol. The first-order valence-electron chi connectivity index (χ1n) is 6.81. The van der Waals surface area contributed by atoms with Gasteiger partial charge in [0.2, 0.25) is 5.91 Å². The van der Waals surface area contributed by atoms with Crippen LogP contribution >= 0.6 is 0 Å². The summed E-state index contributed by atoms with van der Waals surface area (Å²) in [4.78, 5) is 24.0. The fourth-order valence-corrected chi connectivity index (χ4v) is 2.04.